The number of H-pyrrole nitrogens is 1. The van der Waals surface area contributed by atoms with Gasteiger partial charge in [-0.1, -0.05) is 26.0 Å². The first-order valence-electron chi connectivity index (χ1n) is 9.09. The number of hydrogen-bond acceptors (Lipinski definition) is 3. The van der Waals surface area contributed by atoms with Crippen LogP contribution in [0.5, 0.6) is 0 Å². The van der Waals surface area contributed by atoms with Crippen LogP contribution in [0.1, 0.15) is 20.3 Å². The molecule has 7 heteroatoms. The van der Waals surface area contributed by atoms with Gasteiger partial charge >= 0.3 is 0 Å². The summed E-state index contributed by atoms with van der Waals surface area (Å²) in [6, 6.07) is 11.6. The summed E-state index contributed by atoms with van der Waals surface area (Å²) in [6.07, 6.45) is 2.15. The zero-order valence-electron chi connectivity index (χ0n) is 15.5. The molecule has 1 amide bonds. The fourth-order valence-corrected chi connectivity index (χ4v) is 3.08. The first kappa shape index (κ1) is 17.9. The molecule has 0 aliphatic carbocycles. The Bertz CT molecular complexity index is 1240. The summed E-state index contributed by atoms with van der Waals surface area (Å²) in [5, 5.41) is 6.83. The molecule has 2 N–H and O–H groups in total. The quantitative estimate of drug-likeness (QED) is 0.563. The second-order valence-electron chi connectivity index (χ2n) is 6.78. The molecule has 0 saturated heterocycles. The summed E-state index contributed by atoms with van der Waals surface area (Å²) in [4.78, 5) is 28.9. The van der Waals surface area contributed by atoms with E-state index in [1.54, 1.807) is 36.4 Å². The molecule has 0 aliphatic rings. The van der Waals surface area contributed by atoms with Crippen LogP contribution < -0.4 is 10.9 Å². The third kappa shape index (κ3) is 2.94. The number of carbonyl (C=O) groups is 1. The number of hydrogen-bond donors (Lipinski definition) is 2. The van der Waals surface area contributed by atoms with Crippen LogP contribution in [0.15, 0.2) is 53.5 Å². The lowest BCUT2D eigenvalue weighted by molar-refractivity contribution is -0.119. The molecule has 0 bridgehead atoms. The van der Waals surface area contributed by atoms with E-state index in [9.17, 15) is 14.0 Å². The number of carbonyl (C=O) groups excluding carboxylic acids is 1. The van der Waals surface area contributed by atoms with Crippen molar-refractivity contribution >= 4 is 33.4 Å². The zero-order chi connectivity index (χ0) is 19.8. The Hall–Kier alpha value is -3.48. The lowest BCUT2D eigenvalue weighted by Gasteiger charge is -2.10. The monoisotopic (exact) mass is 378 g/mol. The number of aromatic nitrogens is 3. The van der Waals surface area contributed by atoms with Gasteiger partial charge < -0.3 is 5.32 Å². The van der Waals surface area contributed by atoms with Gasteiger partial charge in [-0.05, 0) is 36.8 Å². The van der Waals surface area contributed by atoms with Crippen molar-refractivity contribution in [3.63, 3.8) is 0 Å². The van der Waals surface area contributed by atoms with Crippen molar-refractivity contribution in [1.82, 2.24) is 14.8 Å². The molecule has 2 heterocycles. The topological polar surface area (TPSA) is 79.8 Å². The number of amides is 1. The molecular formula is C21H19FN4O2. The summed E-state index contributed by atoms with van der Waals surface area (Å²) in [7, 11) is 0. The molecule has 2 aromatic heterocycles. The lowest BCUT2D eigenvalue weighted by atomic mass is 10.1. The van der Waals surface area contributed by atoms with Crippen LogP contribution in [0.3, 0.4) is 0 Å². The second-order valence-corrected chi connectivity index (χ2v) is 6.78. The molecule has 4 aromatic rings. The number of aromatic amines is 1. The first-order valence-corrected chi connectivity index (χ1v) is 9.09. The Morgan fingerprint density at radius 2 is 1.96 bits per heavy atom. The highest BCUT2D eigenvalue weighted by atomic mass is 19.1. The average Bonchev–Trinajstić information content (AvgIpc) is 3.05. The predicted octanol–water partition coefficient (Wildman–Crippen LogP) is 3.99. The van der Waals surface area contributed by atoms with Crippen molar-refractivity contribution in [3.05, 3.63) is 64.8 Å². The van der Waals surface area contributed by atoms with Crippen molar-refractivity contribution in [2.24, 2.45) is 5.92 Å². The Labute approximate surface area is 160 Å². The van der Waals surface area contributed by atoms with Crippen molar-refractivity contribution in [2.75, 3.05) is 5.32 Å². The van der Waals surface area contributed by atoms with Crippen LogP contribution in [0.4, 0.5) is 10.1 Å². The minimum atomic E-state index is -0.436. The number of nitrogens with one attached hydrogen (secondary N) is 2. The molecule has 6 nitrogen and oxygen atoms in total. The van der Waals surface area contributed by atoms with Gasteiger partial charge in [-0.2, -0.15) is 0 Å². The minimum absolute atomic E-state index is 0.0439. The SMILES string of the molecule is CCC(C)C(=O)Nc1ccc(-n2[nH]c3c(cnc4c(F)cccc43)c2=O)cc1. The molecule has 0 aliphatic heterocycles. The summed E-state index contributed by atoms with van der Waals surface area (Å²) in [6.45, 7) is 3.83. The predicted molar refractivity (Wildman–Crippen MR) is 107 cm³/mol. The highest BCUT2D eigenvalue weighted by molar-refractivity contribution is 6.02. The summed E-state index contributed by atoms with van der Waals surface area (Å²) >= 11 is 0. The molecule has 1 atom stereocenters. The largest absolute Gasteiger partial charge is 0.326 e. The van der Waals surface area contributed by atoms with Gasteiger partial charge in [0.1, 0.15) is 11.3 Å². The molecular weight excluding hydrogens is 359 g/mol. The van der Waals surface area contributed by atoms with E-state index in [2.05, 4.69) is 15.4 Å². The van der Waals surface area contributed by atoms with Crippen LogP contribution in [0.25, 0.3) is 27.5 Å². The second kappa shape index (κ2) is 6.92. The number of halogens is 1. The van der Waals surface area contributed by atoms with E-state index in [0.717, 1.165) is 6.42 Å². The standard InChI is InChI=1S/C21H19FN4O2/c1-3-12(2)20(27)24-13-7-9-14(10-8-13)26-21(28)16-11-23-19-15(18(16)25-26)5-4-6-17(19)22/h4-12,25H,3H2,1-2H3,(H,24,27). The summed E-state index contributed by atoms with van der Waals surface area (Å²) in [5.41, 5.74) is 1.74. The molecule has 0 fully saturated rings. The highest BCUT2D eigenvalue weighted by Gasteiger charge is 2.14. The van der Waals surface area contributed by atoms with Gasteiger partial charge in [0.25, 0.3) is 5.56 Å². The van der Waals surface area contributed by atoms with Gasteiger partial charge in [0.15, 0.2) is 0 Å². The number of rotatable bonds is 4. The number of anilines is 1. The van der Waals surface area contributed by atoms with E-state index in [4.69, 9.17) is 0 Å². The normalized spacial score (nSPS) is 12.4. The Kier molecular flexibility index (Phi) is 4.43. The number of pyridine rings is 1. The maximum Gasteiger partial charge on any atom is 0.280 e. The van der Waals surface area contributed by atoms with Gasteiger partial charge in [0.05, 0.1) is 16.6 Å². The van der Waals surface area contributed by atoms with Crippen LogP contribution >= 0.6 is 0 Å². The van der Waals surface area contributed by atoms with E-state index >= 15 is 0 Å². The van der Waals surface area contributed by atoms with Crippen LogP contribution in [0, 0.1) is 11.7 Å². The number of nitrogens with zero attached hydrogens (tertiary/aromatic N) is 2. The minimum Gasteiger partial charge on any atom is -0.326 e. The molecule has 0 saturated carbocycles. The fourth-order valence-electron chi connectivity index (χ4n) is 3.08. The fraction of sp³-hybridized carbons (Fsp3) is 0.190. The Morgan fingerprint density at radius 1 is 1.21 bits per heavy atom. The number of fused-ring (bicyclic) bond motifs is 3. The molecule has 28 heavy (non-hydrogen) atoms. The molecule has 2 aromatic carbocycles. The van der Waals surface area contributed by atoms with E-state index < -0.39 is 5.82 Å². The Morgan fingerprint density at radius 3 is 2.68 bits per heavy atom. The van der Waals surface area contributed by atoms with Crippen molar-refractivity contribution in [2.45, 2.75) is 20.3 Å². The smallest absolute Gasteiger partial charge is 0.280 e. The van der Waals surface area contributed by atoms with Crippen molar-refractivity contribution in [1.29, 1.82) is 0 Å². The van der Waals surface area contributed by atoms with Crippen LogP contribution in [-0.2, 0) is 4.79 Å². The van der Waals surface area contributed by atoms with E-state index in [1.807, 2.05) is 13.8 Å². The number of para-hydroxylation sites is 1. The van der Waals surface area contributed by atoms with Gasteiger partial charge in [0, 0.05) is 23.2 Å². The lowest BCUT2D eigenvalue weighted by Crippen LogP contribution is -2.19. The number of benzene rings is 2. The average molecular weight is 378 g/mol. The van der Waals surface area contributed by atoms with Crippen molar-refractivity contribution in [3.8, 4) is 5.69 Å². The van der Waals surface area contributed by atoms with Crippen molar-refractivity contribution < 1.29 is 9.18 Å². The van der Waals surface area contributed by atoms with Gasteiger partial charge in [-0.25, -0.2) is 9.07 Å². The molecule has 142 valence electrons. The van der Waals surface area contributed by atoms with Crippen LogP contribution in [0.2, 0.25) is 0 Å². The maximum absolute atomic E-state index is 14.0. The molecule has 1 unspecified atom stereocenters. The third-order valence-corrected chi connectivity index (χ3v) is 4.96. The van der Waals surface area contributed by atoms with E-state index in [1.165, 1.54) is 16.9 Å². The van der Waals surface area contributed by atoms with Gasteiger partial charge in [-0.15, -0.1) is 0 Å². The van der Waals surface area contributed by atoms with Crippen LogP contribution in [-0.4, -0.2) is 20.7 Å². The summed E-state index contributed by atoms with van der Waals surface area (Å²) < 4.78 is 15.4. The van der Waals surface area contributed by atoms with E-state index in [-0.39, 0.29) is 22.9 Å². The Balaban J connectivity index is 1.74. The van der Waals surface area contributed by atoms with Gasteiger partial charge in [0.2, 0.25) is 5.91 Å². The molecule has 0 spiro atoms. The third-order valence-electron chi connectivity index (χ3n) is 4.96. The molecule has 4 rings (SSSR count). The zero-order valence-corrected chi connectivity index (χ0v) is 15.5. The summed E-state index contributed by atoms with van der Waals surface area (Å²) in [5.74, 6) is -0.552. The first-order chi connectivity index (χ1) is 13.5. The maximum atomic E-state index is 14.0. The van der Waals surface area contributed by atoms with Gasteiger partial charge in [-0.3, -0.25) is 19.7 Å². The molecule has 0 radical (unpaired) electrons. The highest BCUT2D eigenvalue weighted by Crippen LogP contribution is 2.23. The van der Waals surface area contributed by atoms with E-state index in [0.29, 0.717) is 27.7 Å².